The molecule has 1 N–H and O–H groups in total. The molecule has 0 atom stereocenters. The lowest BCUT2D eigenvalue weighted by Gasteiger charge is -2.31. The van der Waals surface area contributed by atoms with E-state index in [9.17, 15) is 9.59 Å². The predicted molar refractivity (Wildman–Crippen MR) is 110 cm³/mol. The van der Waals surface area contributed by atoms with Gasteiger partial charge in [0.15, 0.2) is 0 Å². The van der Waals surface area contributed by atoms with Crippen LogP contribution >= 0.6 is 11.3 Å². The zero-order valence-corrected chi connectivity index (χ0v) is 17.3. The molecule has 0 bridgehead atoms. The van der Waals surface area contributed by atoms with Crippen LogP contribution in [0.3, 0.4) is 0 Å². The van der Waals surface area contributed by atoms with Gasteiger partial charge in [0.25, 0.3) is 5.91 Å². The van der Waals surface area contributed by atoms with Gasteiger partial charge in [0, 0.05) is 35.9 Å². The first-order valence-corrected chi connectivity index (χ1v) is 11.0. The minimum absolute atomic E-state index is 0.129. The van der Waals surface area contributed by atoms with Crippen LogP contribution in [0.5, 0.6) is 0 Å². The minimum Gasteiger partial charge on any atom is -0.350 e. The van der Waals surface area contributed by atoms with E-state index in [-0.39, 0.29) is 17.7 Å². The summed E-state index contributed by atoms with van der Waals surface area (Å²) < 4.78 is 0. The molecule has 0 radical (unpaired) electrons. The smallest absolute Gasteiger partial charge is 0.253 e. The molecule has 1 aromatic heterocycles. The Kier molecular flexibility index (Phi) is 5.49. The fourth-order valence-electron chi connectivity index (χ4n) is 3.65. The number of aromatic nitrogens is 1. The molecule has 0 unspecified atom stereocenters. The van der Waals surface area contributed by atoms with E-state index in [0.717, 1.165) is 60.6 Å². The van der Waals surface area contributed by atoms with Crippen LogP contribution in [0, 0.1) is 19.8 Å². The number of carbonyl (C=O) groups is 2. The molecule has 1 aromatic carbocycles. The Morgan fingerprint density at radius 3 is 2.57 bits per heavy atom. The van der Waals surface area contributed by atoms with Crippen molar-refractivity contribution in [1.82, 2.24) is 15.2 Å². The lowest BCUT2D eigenvalue weighted by Crippen LogP contribution is -2.38. The summed E-state index contributed by atoms with van der Waals surface area (Å²) in [5, 5.41) is 6.16. The molecular formula is C22H27N3O2S. The van der Waals surface area contributed by atoms with Crippen molar-refractivity contribution in [3.8, 4) is 0 Å². The number of hydrogen-bond acceptors (Lipinski definition) is 4. The van der Waals surface area contributed by atoms with Crippen LogP contribution in [0.4, 0.5) is 0 Å². The topological polar surface area (TPSA) is 62.3 Å². The summed E-state index contributed by atoms with van der Waals surface area (Å²) in [7, 11) is 0. The molecule has 28 heavy (non-hydrogen) atoms. The second-order valence-electron chi connectivity index (χ2n) is 8.03. The Balaban J connectivity index is 1.30. The van der Waals surface area contributed by atoms with Gasteiger partial charge in [-0.1, -0.05) is 6.07 Å². The van der Waals surface area contributed by atoms with E-state index in [4.69, 9.17) is 4.98 Å². The van der Waals surface area contributed by atoms with Crippen LogP contribution < -0.4 is 5.32 Å². The Morgan fingerprint density at radius 1 is 1.14 bits per heavy atom. The highest BCUT2D eigenvalue weighted by atomic mass is 32.1. The summed E-state index contributed by atoms with van der Waals surface area (Å²) in [5.41, 5.74) is 4.10. The van der Waals surface area contributed by atoms with Crippen LogP contribution in [0.1, 0.15) is 63.8 Å². The fraction of sp³-hybridized carbons (Fsp3) is 0.500. The van der Waals surface area contributed by atoms with Crippen LogP contribution in [-0.4, -0.2) is 34.8 Å². The third-order valence-corrected chi connectivity index (χ3v) is 6.90. The van der Waals surface area contributed by atoms with Gasteiger partial charge in [-0.25, -0.2) is 4.98 Å². The van der Waals surface area contributed by atoms with Crippen molar-refractivity contribution in [3.63, 3.8) is 0 Å². The van der Waals surface area contributed by atoms with Crippen LogP contribution in [0.2, 0.25) is 0 Å². The van der Waals surface area contributed by atoms with Crippen molar-refractivity contribution < 1.29 is 9.59 Å². The Bertz CT molecular complexity index is 880. The molecule has 5 nitrogen and oxygen atoms in total. The Hall–Kier alpha value is -2.21. The number of rotatable bonds is 5. The lowest BCUT2D eigenvalue weighted by molar-refractivity contribution is -0.122. The summed E-state index contributed by atoms with van der Waals surface area (Å²) in [4.78, 5) is 31.3. The van der Waals surface area contributed by atoms with E-state index in [0.29, 0.717) is 12.5 Å². The molecular weight excluding hydrogens is 370 g/mol. The van der Waals surface area contributed by atoms with E-state index in [1.807, 2.05) is 30.0 Å². The first kappa shape index (κ1) is 19.1. The van der Waals surface area contributed by atoms with Crippen LogP contribution in [0.25, 0.3) is 0 Å². The van der Waals surface area contributed by atoms with Gasteiger partial charge in [0.1, 0.15) is 0 Å². The quantitative estimate of drug-likeness (QED) is 0.835. The minimum atomic E-state index is 0.129. The Labute approximate surface area is 170 Å². The summed E-state index contributed by atoms with van der Waals surface area (Å²) in [6.45, 7) is 6.17. The van der Waals surface area contributed by atoms with Crippen molar-refractivity contribution in [1.29, 1.82) is 0 Å². The van der Waals surface area contributed by atoms with Gasteiger partial charge in [0.05, 0.1) is 17.2 Å². The highest BCUT2D eigenvalue weighted by Gasteiger charge is 2.30. The summed E-state index contributed by atoms with van der Waals surface area (Å²) in [5.74, 6) is 0.927. The maximum Gasteiger partial charge on any atom is 0.253 e. The zero-order chi connectivity index (χ0) is 19.7. The number of carbonyl (C=O) groups excluding carboxylic acids is 2. The number of amides is 2. The molecule has 2 aromatic rings. The van der Waals surface area contributed by atoms with Gasteiger partial charge in [-0.2, -0.15) is 0 Å². The average molecular weight is 398 g/mol. The second-order valence-corrected chi connectivity index (χ2v) is 8.92. The molecule has 6 heteroatoms. The number of hydrogen-bond donors (Lipinski definition) is 1. The molecule has 4 rings (SSSR count). The number of piperidine rings is 1. The van der Waals surface area contributed by atoms with Crippen LogP contribution in [0.15, 0.2) is 23.6 Å². The van der Waals surface area contributed by atoms with E-state index >= 15 is 0 Å². The van der Waals surface area contributed by atoms with Crippen LogP contribution in [-0.2, 0) is 11.3 Å². The van der Waals surface area contributed by atoms with Gasteiger partial charge in [-0.15, -0.1) is 11.3 Å². The van der Waals surface area contributed by atoms with Crippen molar-refractivity contribution >= 4 is 23.2 Å². The third kappa shape index (κ3) is 4.27. The first-order chi connectivity index (χ1) is 13.5. The maximum atomic E-state index is 12.8. The molecule has 1 saturated heterocycles. The van der Waals surface area contributed by atoms with Gasteiger partial charge >= 0.3 is 0 Å². The van der Waals surface area contributed by atoms with Gasteiger partial charge < -0.3 is 10.2 Å². The molecule has 0 spiro atoms. The summed E-state index contributed by atoms with van der Waals surface area (Å²) >= 11 is 1.68. The largest absolute Gasteiger partial charge is 0.350 e. The molecule has 2 aliphatic rings. The highest BCUT2D eigenvalue weighted by molar-refractivity contribution is 7.09. The average Bonchev–Trinajstić information content (AvgIpc) is 3.46. The summed E-state index contributed by atoms with van der Waals surface area (Å²) in [6.07, 6.45) is 3.93. The van der Waals surface area contributed by atoms with Gasteiger partial charge in [-0.05, 0) is 62.8 Å². The number of nitrogens with one attached hydrogen (secondary N) is 1. The van der Waals surface area contributed by atoms with E-state index < -0.39 is 0 Å². The monoisotopic (exact) mass is 397 g/mol. The van der Waals surface area contributed by atoms with Crippen molar-refractivity contribution in [3.05, 3.63) is 51.0 Å². The van der Waals surface area contributed by atoms with E-state index in [1.54, 1.807) is 11.3 Å². The summed E-state index contributed by atoms with van der Waals surface area (Å²) in [6, 6.07) is 5.95. The molecule has 1 aliphatic heterocycles. The number of nitrogens with zero attached hydrogens (tertiary/aromatic N) is 2. The van der Waals surface area contributed by atoms with E-state index in [1.165, 1.54) is 5.56 Å². The lowest BCUT2D eigenvalue weighted by atomic mass is 9.96. The molecule has 2 fully saturated rings. The predicted octanol–water partition coefficient (Wildman–Crippen LogP) is 3.81. The van der Waals surface area contributed by atoms with Gasteiger partial charge in [-0.3, -0.25) is 9.59 Å². The van der Waals surface area contributed by atoms with Crippen molar-refractivity contribution in [2.45, 2.75) is 52.0 Å². The maximum absolute atomic E-state index is 12.8. The van der Waals surface area contributed by atoms with E-state index in [2.05, 4.69) is 17.6 Å². The molecule has 2 amide bonds. The number of thiazole rings is 1. The number of benzene rings is 1. The molecule has 148 valence electrons. The standard InChI is InChI=1S/C22H27N3O2S/c1-14-3-4-18(11-15(14)2)22(27)25-9-7-17(8-10-25)21-24-19(13-28-21)12-23-20(26)16-5-6-16/h3-4,11,13,16-17H,5-10,12H2,1-2H3,(H,23,26). The molecule has 1 aliphatic carbocycles. The van der Waals surface area contributed by atoms with Crippen molar-refractivity contribution in [2.24, 2.45) is 5.92 Å². The second kappa shape index (κ2) is 8.03. The first-order valence-electron chi connectivity index (χ1n) is 10.1. The number of likely N-dealkylation sites (tertiary alicyclic amines) is 1. The Morgan fingerprint density at radius 2 is 1.89 bits per heavy atom. The SMILES string of the molecule is Cc1ccc(C(=O)N2CCC(c3nc(CNC(=O)C4CC4)cs3)CC2)cc1C. The zero-order valence-electron chi connectivity index (χ0n) is 16.5. The van der Waals surface area contributed by atoms with Crippen molar-refractivity contribution in [2.75, 3.05) is 13.1 Å². The third-order valence-electron chi connectivity index (χ3n) is 5.85. The fourth-order valence-corrected chi connectivity index (χ4v) is 4.64. The molecule has 2 heterocycles. The number of aryl methyl sites for hydroxylation is 2. The normalized spacial score (nSPS) is 17.6. The highest BCUT2D eigenvalue weighted by Crippen LogP contribution is 2.31. The van der Waals surface area contributed by atoms with Gasteiger partial charge in [0.2, 0.25) is 5.91 Å². The molecule has 1 saturated carbocycles.